The molecule has 1 aromatic heterocycles. The quantitative estimate of drug-likeness (QED) is 0.178. The fourth-order valence-electron chi connectivity index (χ4n) is 2.99. The smallest absolute Gasteiger partial charge is 0.146 e. The molecule has 29 heavy (non-hydrogen) atoms. The zero-order valence-electron chi connectivity index (χ0n) is 18.4. The minimum absolute atomic E-state index is 0.108. The van der Waals surface area contributed by atoms with Crippen molar-refractivity contribution in [2.24, 2.45) is 0 Å². The molecule has 0 spiro atoms. The third-order valence-corrected chi connectivity index (χ3v) is 10.3. The lowest BCUT2D eigenvalue weighted by Gasteiger charge is -2.20. The van der Waals surface area contributed by atoms with Gasteiger partial charge >= 0.3 is 0 Å². The van der Waals surface area contributed by atoms with Gasteiger partial charge in [0, 0.05) is 39.1 Å². The minimum Gasteiger partial charge on any atom is -0.359 e. The van der Waals surface area contributed by atoms with Crippen LogP contribution in [0.15, 0.2) is 6.20 Å². The van der Waals surface area contributed by atoms with Crippen LogP contribution in [0.3, 0.4) is 0 Å². The average molecular weight is 446 g/mol. The van der Waals surface area contributed by atoms with Crippen molar-refractivity contribution < 1.29 is 18.9 Å². The van der Waals surface area contributed by atoms with E-state index in [0.717, 1.165) is 5.69 Å². The number of nitrogens with zero attached hydrogens (tertiary/aromatic N) is 3. The van der Waals surface area contributed by atoms with Gasteiger partial charge in [-0.15, -0.1) is 28.2 Å². The summed E-state index contributed by atoms with van der Waals surface area (Å²) in [6, 6.07) is 3.57. The van der Waals surface area contributed by atoms with Gasteiger partial charge in [-0.1, -0.05) is 26.0 Å². The summed E-state index contributed by atoms with van der Waals surface area (Å²) in [5.74, 6) is 3.76. The molecule has 0 saturated carbocycles. The topological polar surface area (TPSA) is 67.6 Å². The second kappa shape index (κ2) is 14.9. The van der Waals surface area contributed by atoms with E-state index in [-0.39, 0.29) is 25.8 Å². The third kappa shape index (κ3) is 9.60. The van der Waals surface area contributed by atoms with Crippen molar-refractivity contribution in [2.75, 3.05) is 33.7 Å². The summed E-state index contributed by atoms with van der Waals surface area (Å²) in [5, 5.41) is 8.44. The number of ether oxygens (including phenoxy) is 4. The fraction of sp³-hybridized carbons (Fsp3) is 0.800. The molecule has 1 aromatic rings. The zero-order chi connectivity index (χ0) is 21.5. The highest BCUT2D eigenvalue weighted by molar-refractivity contribution is 6.87. The molecule has 0 fully saturated rings. The first-order valence-corrected chi connectivity index (χ1v) is 13.4. The normalized spacial score (nSPS) is 13.7. The Morgan fingerprint density at radius 1 is 1.07 bits per heavy atom. The standard InChI is InChI=1S/C20H36ClN3O4Si/c1-6-29(7-2,8-3)11-9-10-19(27-16-25-4)15-24-14-18(22-23-24)12-20(13-21)28-17-26-5/h14,19-20H,6-8,10,12-13,15-17H2,1-5H3/t19-,20-/m1/s1. The zero-order valence-corrected chi connectivity index (χ0v) is 20.2. The lowest BCUT2D eigenvalue weighted by atomic mass is 10.2. The summed E-state index contributed by atoms with van der Waals surface area (Å²) in [5.41, 5.74) is 4.43. The van der Waals surface area contributed by atoms with Crippen molar-refractivity contribution in [1.82, 2.24) is 15.0 Å². The minimum atomic E-state index is -1.46. The van der Waals surface area contributed by atoms with E-state index in [1.54, 1.807) is 18.9 Å². The molecular formula is C20H36ClN3O4Si. The first-order valence-electron chi connectivity index (χ1n) is 10.2. The number of methoxy groups -OCH3 is 2. The largest absolute Gasteiger partial charge is 0.359 e. The number of aromatic nitrogens is 3. The summed E-state index contributed by atoms with van der Waals surface area (Å²) in [4.78, 5) is 0. The van der Waals surface area contributed by atoms with Crippen LogP contribution < -0.4 is 0 Å². The van der Waals surface area contributed by atoms with E-state index < -0.39 is 8.07 Å². The first kappa shape index (κ1) is 26.1. The van der Waals surface area contributed by atoms with E-state index in [4.69, 9.17) is 30.5 Å². The van der Waals surface area contributed by atoms with Gasteiger partial charge in [0.05, 0.1) is 24.4 Å². The SMILES string of the molecule is CC[Si](C#CC[C@H](Cn1cc(C[C@H](CCl)OCOC)nn1)OCOC)(CC)CC. The predicted octanol–water partition coefficient (Wildman–Crippen LogP) is 3.48. The number of hydrogen-bond donors (Lipinski definition) is 0. The third-order valence-electron chi connectivity index (χ3n) is 5.14. The van der Waals surface area contributed by atoms with Crippen molar-refractivity contribution in [3.05, 3.63) is 11.9 Å². The Hall–Kier alpha value is -0.953. The maximum atomic E-state index is 5.95. The highest BCUT2D eigenvalue weighted by Gasteiger charge is 2.24. The Bertz CT molecular complexity index is 608. The van der Waals surface area contributed by atoms with Crippen molar-refractivity contribution in [3.63, 3.8) is 0 Å². The lowest BCUT2D eigenvalue weighted by Crippen LogP contribution is -2.29. The van der Waals surface area contributed by atoms with Gasteiger partial charge in [0.25, 0.3) is 0 Å². The molecule has 0 radical (unpaired) electrons. The van der Waals surface area contributed by atoms with Gasteiger partial charge in [-0.05, 0) is 18.1 Å². The molecule has 9 heteroatoms. The lowest BCUT2D eigenvalue weighted by molar-refractivity contribution is -0.0756. The molecule has 0 aliphatic rings. The average Bonchev–Trinajstić information content (AvgIpc) is 3.19. The maximum absolute atomic E-state index is 5.95. The van der Waals surface area contributed by atoms with E-state index in [2.05, 4.69) is 42.5 Å². The Morgan fingerprint density at radius 3 is 2.24 bits per heavy atom. The summed E-state index contributed by atoms with van der Waals surface area (Å²) in [7, 11) is 1.74. The molecule has 0 aliphatic heterocycles. The Morgan fingerprint density at radius 2 is 1.69 bits per heavy atom. The van der Waals surface area contributed by atoms with Gasteiger partial charge in [0.2, 0.25) is 0 Å². The molecule has 0 bridgehead atoms. The van der Waals surface area contributed by atoms with Gasteiger partial charge in [0.1, 0.15) is 21.7 Å². The molecule has 7 nitrogen and oxygen atoms in total. The Balaban J connectivity index is 2.73. The van der Waals surface area contributed by atoms with Gasteiger partial charge in [-0.2, -0.15) is 0 Å². The summed E-state index contributed by atoms with van der Waals surface area (Å²) < 4.78 is 23.1. The molecule has 1 rings (SSSR count). The predicted molar refractivity (Wildman–Crippen MR) is 118 cm³/mol. The highest BCUT2D eigenvalue weighted by Crippen LogP contribution is 2.19. The van der Waals surface area contributed by atoms with Crippen LogP contribution in [0, 0.1) is 11.5 Å². The summed E-state index contributed by atoms with van der Waals surface area (Å²) in [6.45, 7) is 7.77. The van der Waals surface area contributed by atoms with E-state index in [1.807, 2.05) is 6.20 Å². The van der Waals surface area contributed by atoms with Crippen LogP contribution in [0.2, 0.25) is 18.1 Å². The van der Waals surface area contributed by atoms with Gasteiger partial charge in [0.15, 0.2) is 0 Å². The van der Waals surface area contributed by atoms with Crippen molar-refractivity contribution in [1.29, 1.82) is 0 Å². The number of alkyl halides is 1. The Labute approximate surface area is 181 Å². The van der Waals surface area contributed by atoms with E-state index in [9.17, 15) is 0 Å². The summed E-state index contributed by atoms with van der Waals surface area (Å²) in [6.07, 6.45) is 2.85. The molecule has 166 valence electrons. The molecule has 2 atom stereocenters. The molecule has 1 heterocycles. The van der Waals surface area contributed by atoms with E-state index >= 15 is 0 Å². The van der Waals surface area contributed by atoms with Crippen LogP contribution in [0.1, 0.15) is 32.9 Å². The van der Waals surface area contributed by atoms with E-state index in [1.165, 1.54) is 18.1 Å². The maximum Gasteiger partial charge on any atom is 0.146 e. The van der Waals surface area contributed by atoms with E-state index in [0.29, 0.717) is 25.3 Å². The molecule has 0 N–H and O–H groups in total. The fourth-order valence-corrected chi connectivity index (χ4v) is 5.70. The van der Waals surface area contributed by atoms with Crippen molar-refractivity contribution >= 4 is 19.7 Å². The van der Waals surface area contributed by atoms with Gasteiger partial charge in [-0.3, -0.25) is 0 Å². The van der Waals surface area contributed by atoms with Crippen LogP contribution in [0.5, 0.6) is 0 Å². The molecule has 0 aliphatic carbocycles. The van der Waals surface area contributed by atoms with Crippen LogP contribution >= 0.6 is 11.6 Å². The van der Waals surface area contributed by atoms with Crippen molar-refractivity contribution in [3.8, 4) is 11.5 Å². The molecular weight excluding hydrogens is 410 g/mol. The van der Waals surface area contributed by atoms with Crippen molar-refractivity contribution in [2.45, 2.75) is 70.5 Å². The van der Waals surface area contributed by atoms with Crippen LogP contribution in [0.4, 0.5) is 0 Å². The number of rotatable bonds is 15. The van der Waals surface area contributed by atoms with Crippen LogP contribution in [-0.4, -0.2) is 69.0 Å². The first-order chi connectivity index (χ1) is 14.1. The highest BCUT2D eigenvalue weighted by atomic mass is 35.5. The van der Waals surface area contributed by atoms with Crippen LogP contribution in [0.25, 0.3) is 0 Å². The molecule has 0 saturated heterocycles. The monoisotopic (exact) mass is 445 g/mol. The summed E-state index contributed by atoms with van der Waals surface area (Å²) >= 11 is 5.95. The van der Waals surface area contributed by atoms with Crippen LogP contribution in [-0.2, 0) is 31.9 Å². The second-order valence-electron chi connectivity index (χ2n) is 7.03. The Kier molecular flexibility index (Phi) is 13.4. The number of halogens is 1. The number of hydrogen-bond acceptors (Lipinski definition) is 6. The van der Waals surface area contributed by atoms with Gasteiger partial charge < -0.3 is 18.9 Å². The molecule has 0 aromatic carbocycles. The molecule has 0 unspecified atom stereocenters. The molecule has 0 amide bonds. The second-order valence-corrected chi connectivity index (χ2v) is 12.3. The van der Waals surface area contributed by atoms with Gasteiger partial charge in [-0.25, -0.2) is 4.68 Å².